The highest BCUT2D eigenvalue weighted by Gasteiger charge is 2.45. The number of amides is 2. The van der Waals surface area contributed by atoms with Crippen molar-refractivity contribution in [3.8, 4) is 0 Å². The van der Waals surface area contributed by atoms with Crippen molar-refractivity contribution in [3.63, 3.8) is 0 Å². The number of ketones is 5. The molecule has 7 N–H and O–H groups in total. The molecule has 29 heteroatoms. The van der Waals surface area contributed by atoms with Crippen LogP contribution in [0.3, 0.4) is 0 Å². The Morgan fingerprint density at radius 3 is 0.924 bits per heavy atom. The zero-order valence-electron chi connectivity index (χ0n) is 68.0. The Morgan fingerprint density at radius 1 is 0.319 bits per heavy atom. The average molecular weight is 1640 g/mol. The van der Waals surface area contributed by atoms with Crippen LogP contribution in [-0.2, 0) is 33.6 Å². The van der Waals surface area contributed by atoms with Crippen molar-refractivity contribution in [1.82, 2.24) is 85.4 Å². The lowest BCUT2D eigenvalue weighted by Crippen LogP contribution is -2.38. The number of H-pyrrole nitrogens is 5. The number of hydrogen-bond acceptors (Lipinski definition) is 21. The fourth-order valence-corrected chi connectivity index (χ4v) is 22.4. The van der Waals surface area contributed by atoms with Gasteiger partial charge in [0.05, 0.1) is 26.9 Å². The Kier molecular flexibility index (Phi) is 27.3. The van der Waals surface area contributed by atoms with Gasteiger partial charge >= 0.3 is 0 Å². The largest absolute Gasteiger partial charge is 0.356 e. The number of piperidine rings is 2. The van der Waals surface area contributed by atoms with Crippen LogP contribution in [-0.4, -0.2) is 181 Å². The number of hydrogen-bond donors (Lipinski definition) is 7. The average Bonchev–Trinajstić information content (AvgIpc) is 1.81. The summed E-state index contributed by atoms with van der Waals surface area (Å²) >= 11 is 5.73. The van der Waals surface area contributed by atoms with Crippen LogP contribution in [0.1, 0.15) is 195 Å². The first-order valence-electron chi connectivity index (χ1n) is 42.9. The van der Waals surface area contributed by atoms with Crippen molar-refractivity contribution in [2.45, 2.75) is 219 Å². The number of carbonyl (C=O) groups excluding carboxylic acids is 7. The molecule has 12 aliphatic rings. The minimum absolute atomic E-state index is 0. The maximum absolute atomic E-state index is 11.7. The Bertz CT molecular complexity index is 4720. The number of fused-ring (bicyclic) bond motifs is 11. The number of halogens is 1. The number of anilines is 4. The molecule has 12 heterocycles. The van der Waals surface area contributed by atoms with E-state index in [0.29, 0.717) is 119 Å². The van der Waals surface area contributed by atoms with E-state index in [1.165, 1.54) is 51.3 Å². The van der Waals surface area contributed by atoms with E-state index in [9.17, 15) is 33.6 Å². The quantitative estimate of drug-likeness (QED) is 0.0660. The van der Waals surface area contributed by atoms with Crippen molar-refractivity contribution < 1.29 is 33.6 Å². The van der Waals surface area contributed by atoms with Gasteiger partial charge in [-0.05, 0) is 197 Å². The monoisotopic (exact) mass is 1640 g/mol. The summed E-state index contributed by atoms with van der Waals surface area (Å²) in [5.41, 5.74) is 4.32. The predicted octanol–water partition coefficient (Wildman–Crippen LogP) is 14.7. The van der Waals surface area contributed by atoms with Crippen molar-refractivity contribution in [2.75, 3.05) is 60.9 Å². The van der Waals surface area contributed by atoms with Gasteiger partial charge in [0.25, 0.3) is 0 Å². The van der Waals surface area contributed by atoms with E-state index in [4.69, 9.17) is 11.6 Å². The zero-order chi connectivity index (χ0) is 81.0. The van der Waals surface area contributed by atoms with Crippen LogP contribution in [0.4, 0.5) is 23.3 Å². The van der Waals surface area contributed by atoms with Crippen LogP contribution in [0.5, 0.6) is 0 Å². The van der Waals surface area contributed by atoms with E-state index >= 15 is 0 Å². The molecule has 17 atom stereocenters. The summed E-state index contributed by atoms with van der Waals surface area (Å²) in [5.74, 6) is 14.9. The lowest BCUT2D eigenvalue weighted by molar-refractivity contribution is -0.125. The van der Waals surface area contributed by atoms with Gasteiger partial charge in [0, 0.05) is 173 Å². The minimum Gasteiger partial charge on any atom is -0.356 e. The van der Waals surface area contributed by atoms with Crippen molar-refractivity contribution in [2.24, 2.45) is 76.9 Å². The van der Waals surface area contributed by atoms with Crippen molar-refractivity contribution >= 4 is 131 Å². The first-order chi connectivity index (χ1) is 56.8. The standard InChI is InChI=1S/4C16H20N4O.C10H17NO.C8H11NO2.C6H4ClN3.2CH4/c4*1-20(16-14-4-5-17-15(14)18-9-19-16)12-6-10-2-3-13(21)8-11(10)7-12;1-2-7-3-8-5-10(12)11-6-9(8)4-7;10-7-1-5-3-8(11)9-4-6(5)2-7;7-5-4-1-2-8-6(4)10-3-9-5;;/h4*4-5,9-12H,2-3,6-8H2,1H3,(H,17,18,19);7-9H,2-6H2,1H3,(H,11,12);5-6H,1-4H2,(H,9,11);1-3H,(H,8,9,10);2*1H4/t2*10-,11-,12+;2*10-,11-,12-;7?,8-,9+;5-,6+;;;/m111100.../s1. The molecule has 0 spiro atoms. The second-order valence-corrected chi connectivity index (χ2v) is 35.9. The summed E-state index contributed by atoms with van der Waals surface area (Å²) in [6.07, 6.45) is 43.8. The fourth-order valence-electron chi connectivity index (χ4n) is 22.2. The SMILES string of the molecule is C.C.CCC1C[C@H]2CC(=O)NC[C@H]2C1.CN(c1ncnc2[nH]ccc12)[C@@H]1C[C@H]2CCC(=O)C[C@H]2C1.CN(c1ncnc2[nH]ccc12)[C@@H]1C[C@H]2CCC(=O)C[C@H]2C1.CN(c1ncnc2[nH]ccc12)[C@H]1C[C@H]2CCC(=O)C[C@H]2C1.CN(c1ncnc2[nH]ccc12)[C@H]1C[C@H]2CCC(=O)C[C@H]2C1.Clc1ncnc2[nH]ccc12.O=C1C[C@@H]2CNC(=O)C[C@@H]2C1. The first kappa shape index (κ1) is 85.3. The van der Waals surface area contributed by atoms with Gasteiger partial charge in [-0.15, -0.1) is 0 Å². The summed E-state index contributed by atoms with van der Waals surface area (Å²) < 4.78 is 0. The molecule has 12 fully saturated rings. The van der Waals surface area contributed by atoms with E-state index in [-0.39, 0.29) is 26.7 Å². The van der Waals surface area contributed by atoms with E-state index < -0.39 is 0 Å². The number of aromatic amines is 5. The Labute approximate surface area is 701 Å². The number of nitrogens with zero attached hydrogens (tertiary/aromatic N) is 14. The second-order valence-electron chi connectivity index (χ2n) is 35.6. The molecule has 10 aromatic heterocycles. The molecule has 22 rings (SSSR count). The highest BCUT2D eigenvalue weighted by atomic mass is 35.5. The molecular formula is C90H120ClN21O7. The van der Waals surface area contributed by atoms with Gasteiger partial charge in [-0.3, -0.25) is 33.6 Å². The number of aromatic nitrogens is 15. The highest BCUT2D eigenvalue weighted by Crippen LogP contribution is 2.49. The maximum atomic E-state index is 11.7. The molecule has 0 radical (unpaired) electrons. The Hall–Kier alpha value is -10.1. The number of rotatable bonds is 9. The molecule has 10 aliphatic carbocycles. The van der Waals surface area contributed by atoms with Gasteiger partial charge in [0.1, 0.15) is 117 Å². The Balaban J connectivity index is 0.000000116. The Morgan fingerprint density at radius 2 is 0.588 bits per heavy atom. The summed E-state index contributed by atoms with van der Waals surface area (Å²) in [7, 11) is 8.49. The minimum atomic E-state index is 0. The molecule has 2 amide bonds. The van der Waals surface area contributed by atoms with E-state index in [1.54, 1.807) is 31.5 Å². The molecule has 0 aromatic carbocycles. The van der Waals surface area contributed by atoms with Gasteiger partial charge in [0.2, 0.25) is 11.8 Å². The zero-order valence-corrected chi connectivity index (χ0v) is 68.7. The molecule has 119 heavy (non-hydrogen) atoms. The van der Waals surface area contributed by atoms with Crippen LogP contribution in [0.25, 0.3) is 55.2 Å². The third-order valence-corrected chi connectivity index (χ3v) is 29.0. The summed E-state index contributed by atoms with van der Waals surface area (Å²) in [4.78, 5) is 147. The first-order valence-corrected chi connectivity index (χ1v) is 43.3. The van der Waals surface area contributed by atoms with Gasteiger partial charge in [-0.1, -0.05) is 39.8 Å². The highest BCUT2D eigenvalue weighted by molar-refractivity contribution is 6.33. The molecule has 28 nitrogen and oxygen atoms in total. The third-order valence-electron chi connectivity index (χ3n) is 28.7. The topological polar surface area (TPSA) is 364 Å². The molecular weight excluding hydrogens is 1520 g/mol. The normalized spacial score (nSPS) is 28.7. The number of Topliss-reactive ketones (excluding diaryl/α,β-unsaturated/α-hetero) is 5. The molecule has 2 saturated heterocycles. The number of carbonyl (C=O) groups is 7. The van der Waals surface area contributed by atoms with Crippen LogP contribution in [0, 0.1) is 76.9 Å². The summed E-state index contributed by atoms with van der Waals surface area (Å²) in [6.45, 7) is 3.92. The van der Waals surface area contributed by atoms with Crippen LogP contribution in [0.2, 0.25) is 5.15 Å². The second kappa shape index (κ2) is 38.1. The lowest BCUT2D eigenvalue weighted by atomic mass is 9.81. The van der Waals surface area contributed by atoms with Crippen LogP contribution < -0.4 is 30.2 Å². The van der Waals surface area contributed by atoms with E-state index in [0.717, 1.165) is 236 Å². The third kappa shape index (κ3) is 19.4. The molecule has 10 saturated carbocycles. The molecule has 634 valence electrons. The van der Waals surface area contributed by atoms with Crippen LogP contribution >= 0.6 is 11.6 Å². The smallest absolute Gasteiger partial charge is 0.220 e. The van der Waals surface area contributed by atoms with E-state index in [1.807, 2.05) is 55.1 Å². The van der Waals surface area contributed by atoms with Gasteiger partial charge in [0.15, 0.2) is 0 Å². The summed E-state index contributed by atoms with van der Waals surface area (Å²) in [6, 6.07) is 11.9. The summed E-state index contributed by atoms with van der Waals surface area (Å²) in [5, 5.41) is 11.4. The van der Waals surface area contributed by atoms with Crippen LogP contribution in [0.15, 0.2) is 93.0 Å². The van der Waals surface area contributed by atoms with Gasteiger partial charge < -0.3 is 55.2 Å². The molecule has 10 aromatic rings. The van der Waals surface area contributed by atoms with Crippen molar-refractivity contribution in [1.29, 1.82) is 0 Å². The molecule has 1 unspecified atom stereocenters. The fraction of sp³-hybridized carbons (Fsp3) is 0.589. The molecule has 2 aliphatic heterocycles. The predicted molar refractivity (Wildman–Crippen MR) is 463 cm³/mol. The van der Waals surface area contributed by atoms with Gasteiger partial charge in [-0.2, -0.15) is 0 Å². The van der Waals surface area contributed by atoms with E-state index in [2.05, 4.69) is 140 Å². The maximum Gasteiger partial charge on any atom is 0.220 e. The van der Waals surface area contributed by atoms with Crippen molar-refractivity contribution in [3.05, 3.63) is 98.1 Å². The molecule has 0 bridgehead atoms. The number of nitrogens with one attached hydrogen (secondary N) is 7. The van der Waals surface area contributed by atoms with Gasteiger partial charge in [-0.25, -0.2) is 49.8 Å². The lowest BCUT2D eigenvalue weighted by Gasteiger charge is -2.26.